The molecule has 4 aliphatic rings. The van der Waals surface area contributed by atoms with Crippen molar-refractivity contribution in [1.29, 1.82) is 0 Å². The summed E-state index contributed by atoms with van der Waals surface area (Å²) in [4.78, 5) is 68.6. The number of hydrogen-bond acceptors (Lipinski definition) is 18. The number of alkyl halides is 1. The summed E-state index contributed by atoms with van der Waals surface area (Å²) < 4.78 is 93.6. The van der Waals surface area contributed by atoms with Crippen LogP contribution >= 0.6 is 0 Å². The number of esters is 3. The van der Waals surface area contributed by atoms with Gasteiger partial charge in [0.2, 0.25) is 5.91 Å². The lowest BCUT2D eigenvalue weighted by atomic mass is 9.76. The summed E-state index contributed by atoms with van der Waals surface area (Å²) in [5, 5.41) is 14.9. The van der Waals surface area contributed by atoms with Crippen molar-refractivity contribution in [1.82, 2.24) is 10.2 Å². The number of benzene rings is 1. The number of halogens is 1. The highest BCUT2D eigenvalue weighted by atomic mass is 32.2. The average molecular weight is 1040 g/mol. The molecular weight excluding hydrogens is 964 g/mol. The van der Waals surface area contributed by atoms with Crippen LogP contribution in [0.3, 0.4) is 0 Å². The second kappa shape index (κ2) is 25.2. The average Bonchev–Trinajstić information content (AvgIpc) is 4.10. The van der Waals surface area contributed by atoms with Gasteiger partial charge in [0.05, 0.1) is 53.8 Å². The molecule has 72 heavy (non-hydrogen) atoms. The molecule has 4 saturated heterocycles. The van der Waals surface area contributed by atoms with Crippen LogP contribution in [-0.2, 0) is 82.9 Å². The number of likely N-dealkylation sites (N-methyl/N-ethyl adjacent to an activating group) is 1. The lowest BCUT2D eigenvalue weighted by Gasteiger charge is -2.46. The smallest absolute Gasteiger partial charge is 0.311 e. The molecule has 19 atom stereocenters. The number of hydrogen-bond donors (Lipinski definition) is 2. The van der Waals surface area contributed by atoms with Gasteiger partial charge in [0.25, 0.3) is 0 Å². The fraction of sp³-hybridized carbons (Fsp3) is 0.784. The molecule has 5 rings (SSSR count). The Morgan fingerprint density at radius 3 is 2.07 bits per heavy atom. The van der Waals surface area contributed by atoms with E-state index in [0.717, 1.165) is 6.26 Å². The SMILES string of the molecule is CO[C@@H]1C[C@H](O[C@H]2[C@H](C)[C@@H](O[C@@H]3O[C@H](C)C[C@H](N(C)CCC(=O)N[C@H](CF)Cc4ccc(S(C)(=O)=O)cc4)[C@H]3O)[C@@H](C)CC3(CO3)C(=O)[C@H](C)C(OC(C)=O)[C@@H](C)[C@@H](C)OC(=O)[C@@H]2C)OC(C)[C@@H]1OC(C)=O. The Bertz CT molecular complexity index is 2130. The molecule has 0 bridgehead atoms. The van der Waals surface area contributed by atoms with E-state index in [-0.39, 0.29) is 49.5 Å². The number of nitrogens with zero attached hydrogens (tertiary/aromatic N) is 1. The Balaban J connectivity index is 1.41. The van der Waals surface area contributed by atoms with Gasteiger partial charge < -0.3 is 58.0 Å². The molecule has 4 fully saturated rings. The highest BCUT2D eigenvalue weighted by Gasteiger charge is 2.58. The summed E-state index contributed by atoms with van der Waals surface area (Å²) in [7, 11) is -0.166. The van der Waals surface area contributed by atoms with Gasteiger partial charge in [-0.1, -0.05) is 39.8 Å². The van der Waals surface area contributed by atoms with Crippen LogP contribution in [0.5, 0.6) is 0 Å². The number of carbonyl (C=O) groups excluding carboxylic acids is 5. The number of ether oxygens (including phenoxy) is 9. The number of rotatable bonds is 16. The predicted octanol–water partition coefficient (Wildman–Crippen LogP) is 3.91. The van der Waals surface area contributed by atoms with Crippen LogP contribution in [0.15, 0.2) is 29.2 Å². The number of sulfone groups is 1. The van der Waals surface area contributed by atoms with E-state index in [1.165, 1.54) is 33.1 Å². The molecule has 21 heteroatoms. The maximum absolute atomic E-state index is 14.5. The van der Waals surface area contributed by atoms with Gasteiger partial charge in [-0.25, -0.2) is 12.8 Å². The maximum atomic E-state index is 14.5. The molecule has 1 aromatic rings. The Hall–Kier alpha value is -3.67. The van der Waals surface area contributed by atoms with Crippen LogP contribution in [-0.4, -0.2) is 173 Å². The van der Waals surface area contributed by atoms with Crippen molar-refractivity contribution in [2.24, 2.45) is 29.6 Å². The Labute approximate surface area is 424 Å². The molecule has 3 unspecified atom stereocenters. The fourth-order valence-electron chi connectivity index (χ4n) is 10.6. The molecule has 1 amide bonds. The summed E-state index contributed by atoms with van der Waals surface area (Å²) >= 11 is 0. The van der Waals surface area contributed by atoms with Crippen LogP contribution in [0.1, 0.15) is 100 Å². The highest BCUT2D eigenvalue weighted by molar-refractivity contribution is 7.90. The largest absolute Gasteiger partial charge is 0.462 e. The Morgan fingerprint density at radius 2 is 1.50 bits per heavy atom. The first-order valence-electron chi connectivity index (χ1n) is 25.1. The van der Waals surface area contributed by atoms with E-state index in [2.05, 4.69) is 5.32 Å². The van der Waals surface area contributed by atoms with Crippen LogP contribution < -0.4 is 5.32 Å². The molecule has 0 radical (unpaired) electrons. The van der Waals surface area contributed by atoms with E-state index in [9.17, 15) is 41.9 Å². The van der Waals surface area contributed by atoms with Gasteiger partial charge in [0, 0.05) is 64.5 Å². The zero-order valence-electron chi connectivity index (χ0n) is 44.1. The zero-order valence-corrected chi connectivity index (χ0v) is 44.9. The minimum absolute atomic E-state index is 0.0364. The third kappa shape index (κ3) is 15.0. The molecule has 0 saturated carbocycles. The summed E-state index contributed by atoms with van der Waals surface area (Å²) in [6, 6.07) is 4.63. The number of Topliss-reactive ketones (excluding diaryl/α,β-unsaturated/α-hetero) is 1. The molecule has 0 aromatic heterocycles. The van der Waals surface area contributed by atoms with Gasteiger partial charge in [-0.15, -0.1) is 0 Å². The van der Waals surface area contributed by atoms with Gasteiger partial charge in [-0.05, 0) is 77.6 Å². The van der Waals surface area contributed by atoms with Crippen LogP contribution in [0, 0.1) is 29.6 Å². The van der Waals surface area contributed by atoms with Crippen LogP contribution in [0.4, 0.5) is 4.39 Å². The number of amides is 1. The molecule has 408 valence electrons. The third-order valence-corrected chi connectivity index (χ3v) is 16.0. The van der Waals surface area contributed by atoms with Gasteiger partial charge in [-0.2, -0.15) is 0 Å². The van der Waals surface area contributed by atoms with E-state index in [1.807, 2.05) is 25.7 Å². The van der Waals surface area contributed by atoms with E-state index < -0.39 is 155 Å². The number of aliphatic hydroxyl groups excluding tert-OH is 1. The molecular formula is C51H79FN2O17S. The van der Waals surface area contributed by atoms with Crippen molar-refractivity contribution in [2.45, 2.75) is 191 Å². The molecule has 1 aromatic carbocycles. The lowest BCUT2D eigenvalue weighted by molar-refractivity contribution is -0.300. The van der Waals surface area contributed by atoms with Crippen molar-refractivity contribution in [3.8, 4) is 0 Å². The Kier molecular flexibility index (Phi) is 20.8. The van der Waals surface area contributed by atoms with Crippen molar-refractivity contribution in [2.75, 3.05) is 40.2 Å². The quantitative estimate of drug-likeness (QED) is 0.136. The van der Waals surface area contributed by atoms with Gasteiger partial charge in [-0.3, -0.25) is 24.0 Å². The van der Waals surface area contributed by atoms with E-state index in [1.54, 1.807) is 53.8 Å². The number of methoxy groups -OCH3 is 1. The van der Waals surface area contributed by atoms with Crippen molar-refractivity contribution in [3.05, 3.63) is 29.8 Å². The maximum Gasteiger partial charge on any atom is 0.311 e. The number of cyclic esters (lactones) is 1. The molecule has 0 aliphatic carbocycles. The summed E-state index contributed by atoms with van der Waals surface area (Å²) in [6.45, 7) is 16.0. The third-order valence-electron chi connectivity index (χ3n) is 14.9. The molecule has 1 spiro atoms. The van der Waals surface area contributed by atoms with E-state index in [0.29, 0.717) is 12.0 Å². The first kappa shape index (κ1) is 59.2. The highest BCUT2D eigenvalue weighted by Crippen LogP contribution is 2.44. The van der Waals surface area contributed by atoms with E-state index >= 15 is 0 Å². The van der Waals surface area contributed by atoms with Gasteiger partial charge in [0.1, 0.15) is 31.1 Å². The zero-order chi connectivity index (χ0) is 53.6. The first-order valence-corrected chi connectivity index (χ1v) is 27.0. The topological polar surface area (TPSA) is 241 Å². The number of nitrogens with one attached hydrogen (secondary N) is 1. The molecule has 19 nitrogen and oxygen atoms in total. The van der Waals surface area contributed by atoms with E-state index in [4.69, 9.17) is 42.6 Å². The van der Waals surface area contributed by atoms with Crippen molar-refractivity contribution in [3.63, 3.8) is 0 Å². The van der Waals surface area contributed by atoms with Gasteiger partial charge >= 0.3 is 17.9 Å². The minimum Gasteiger partial charge on any atom is -0.462 e. The van der Waals surface area contributed by atoms with Crippen LogP contribution in [0.25, 0.3) is 0 Å². The normalized spacial score (nSPS) is 37.5. The molecule has 4 heterocycles. The first-order chi connectivity index (χ1) is 33.7. The van der Waals surface area contributed by atoms with Crippen molar-refractivity contribution < 1.29 is 84.5 Å². The molecule has 4 aliphatic heterocycles. The monoisotopic (exact) mass is 1040 g/mol. The summed E-state index contributed by atoms with van der Waals surface area (Å²) in [6.07, 6.45) is -7.91. The number of epoxide rings is 1. The fourth-order valence-corrected chi connectivity index (χ4v) is 11.2. The second-order valence-electron chi connectivity index (χ2n) is 20.8. The predicted molar refractivity (Wildman–Crippen MR) is 257 cm³/mol. The summed E-state index contributed by atoms with van der Waals surface area (Å²) in [5.41, 5.74) is -0.614. The minimum atomic E-state index is -3.41. The number of carbonyl (C=O) groups is 5. The second-order valence-corrected chi connectivity index (χ2v) is 22.8. The van der Waals surface area contributed by atoms with Gasteiger partial charge in [0.15, 0.2) is 39.9 Å². The molecule has 2 N–H and O–H groups in total. The Morgan fingerprint density at radius 1 is 0.875 bits per heavy atom. The van der Waals surface area contributed by atoms with Crippen molar-refractivity contribution >= 4 is 39.4 Å². The standard InChI is InChI=1S/C51H79FN2O17S/c1-26-23-51(25-64-51)48(59)30(5)45(68-34(9)55)28(3)32(7)67-49(60)31(6)46(70-42-22-40(63-12)47(33(8)66-42)69-35(10)56)29(4)44(26)71-50-43(58)39(20-27(2)65-50)54(11)19-18-41(57)53-37(24-52)21-36-14-16-38(17-15-36)72(13,61)62/h14-17,26-33,37,39-40,42-47,50,58H,18-25H2,1-13H3,(H,53,57)/t26-,27+,28-,29+,30+,31+,32+,33?,37-,39-,40+,42-,43+,44-,45?,46-,47-,50-,51?/m0/s1. The number of ketones is 1. The van der Waals surface area contributed by atoms with Crippen LogP contribution in [0.2, 0.25) is 0 Å². The lowest BCUT2D eigenvalue weighted by Crippen LogP contribution is -2.58. The summed E-state index contributed by atoms with van der Waals surface area (Å²) in [5.74, 6) is -6.17. The number of aliphatic hydroxyl groups is 1.